The van der Waals surface area contributed by atoms with Crippen molar-refractivity contribution in [1.29, 1.82) is 0 Å². The number of hydrogen-bond donors (Lipinski definition) is 2. The van der Waals surface area contributed by atoms with Crippen molar-refractivity contribution < 1.29 is 4.79 Å². The normalized spacial score (nSPS) is 17.6. The Bertz CT molecular complexity index is 389. The molecule has 0 bridgehead atoms. The number of primary amides is 1. The zero-order valence-electron chi connectivity index (χ0n) is 8.70. The highest BCUT2D eigenvalue weighted by atomic mass is 35.5. The predicted molar refractivity (Wildman–Crippen MR) is 67.3 cm³/mol. The molecule has 1 saturated carbocycles. The molecule has 5 heteroatoms. The van der Waals surface area contributed by atoms with Crippen LogP contribution in [0.25, 0.3) is 0 Å². The van der Waals surface area contributed by atoms with Crippen LogP contribution in [0, 0.1) is 0 Å². The first kappa shape index (κ1) is 11.6. The van der Waals surface area contributed by atoms with Crippen molar-refractivity contribution >= 4 is 29.6 Å². The van der Waals surface area contributed by atoms with E-state index in [1.54, 1.807) is 0 Å². The number of halogens is 1. The third-order valence-electron chi connectivity index (χ3n) is 2.88. The van der Waals surface area contributed by atoms with E-state index in [9.17, 15) is 4.79 Å². The lowest BCUT2D eigenvalue weighted by Crippen LogP contribution is -2.36. The van der Waals surface area contributed by atoms with E-state index in [0.717, 1.165) is 17.9 Å². The lowest BCUT2D eigenvalue weighted by Gasteiger charge is -2.41. The summed E-state index contributed by atoms with van der Waals surface area (Å²) in [6.07, 6.45) is 3.29. The smallest absolute Gasteiger partial charge is 0.322 e. The van der Waals surface area contributed by atoms with Gasteiger partial charge in [0.15, 0.2) is 0 Å². The van der Waals surface area contributed by atoms with E-state index in [1.165, 1.54) is 23.9 Å². The molecule has 1 aliphatic carbocycles. The number of nitrogens with one attached hydrogen (secondary N) is 1. The standard InChI is InChI=1S/C11H13ClN2OS/c12-9-4-2-8(3-5-9)11(6-1-7-11)16-14-10(13)15/h2-5H,1,6-7H2,(H3,13,14,15). The van der Waals surface area contributed by atoms with Crippen LogP contribution in [0.1, 0.15) is 24.8 Å². The summed E-state index contributed by atoms with van der Waals surface area (Å²) >= 11 is 7.26. The molecule has 16 heavy (non-hydrogen) atoms. The summed E-state index contributed by atoms with van der Waals surface area (Å²) in [6, 6.07) is 7.28. The molecule has 0 heterocycles. The summed E-state index contributed by atoms with van der Waals surface area (Å²) in [4.78, 5) is 10.7. The van der Waals surface area contributed by atoms with Crippen molar-refractivity contribution in [3.05, 3.63) is 34.9 Å². The number of carbonyl (C=O) groups is 1. The Morgan fingerprint density at radius 1 is 1.38 bits per heavy atom. The molecule has 2 amide bonds. The molecule has 0 aromatic heterocycles. The van der Waals surface area contributed by atoms with Crippen LogP contribution >= 0.6 is 23.5 Å². The zero-order chi connectivity index (χ0) is 11.6. The van der Waals surface area contributed by atoms with E-state index in [4.69, 9.17) is 17.3 Å². The van der Waals surface area contributed by atoms with Gasteiger partial charge in [0, 0.05) is 5.02 Å². The van der Waals surface area contributed by atoms with Crippen LogP contribution in [0.3, 0.4) is 0 Å². The Balaban J connectivity index is 2.14. The highest BCUT2D eigenvalue weighted by molar-refractivity contribution is 7.98. The molecule has 1 aromatic carbocycles. The van der Waals surface area contributed by atoms with Crippen LogP contribution in [-0.2, 0) is 4.75 Å². The third-order valence-corrected chi connectivity index (χ3v) is 4.47. The first-order chi connectivity index (χ1) is 7.62. The number of benzene rings is 1. The molecule has 0 aliphatic heterocycles. The predicted octanol–water partition coefficient (Wildman–Crippen LogP) is 3.04. The molecule has 86 valence electrons. The summed E-state index contributed by atoms with van der Waals surface area (Å²) in [5, 5.41) is 0.728. The summed E-state index contributed by atoms with van der Waals surface area (Å²) in [6.45, 7) is 0. The van der Waals surface area contributed by atoms with Crippen molar-refractivity contribution in [3.63, 3.8) is 0 Å². The van der Waals surface area contributed by atoms with E-state index < -0.39 is 6.03 Å². The minimum absolute atomic E-state index is 0.0143. The van der Waals surface area contributed by atoms with Gasteiger partial charge >= 0.3 is 6.03 Å². The van der Waals surface area contributed by atoms with E-state index in [-0.39, 0.29) is 4.75 Å². The van der Waals surface area contributed by atoms with Crippen LogP contribution in [0.15, 0.2) is 24.3 Å². The highest BCUT2D eigenvalue weighted by Crippen LogP contribution is 2.51. The summed E-state index contributed by atoms with van der Waals surface area (Å²) in [5.74, 6) is 0. The van der Waals surface area contributed by atoms with Gasteiger partial charge in [-0.3, -0.25) is 4.72 Å². The Kier molecular flexibility index (Phi) is 3.30. The lowest BCUT2D eigenvalue weighted by atomic mass is 9.79. The minimum atomic E-state index is -0.495. The highest BCUT2D eigenvalue weighted by Gasteiger charge is 2.40. The second-order valence-electron chi connectivity index (χ2n) is 3.92. The van der Waals surface area contributed by atoms with E-state index >= 15 is 0 Å². The maximum absolute atomic E-state index is 10.7. The minimum Gasteiger partial charge on any atom is -0.351 e. The first-order valence-electron chi connectivity index (χ1n) is 5.12. The fourth-order valence-electron chi connectivity index (χ4n) is 1.85. The van der Waals surface area contributed by atoms with Crippen molar-refractivity contribution in [2.24, 2.45) is 5.73 Å². The summed E-state index contributed by atoms with van der Waals surface area (Å²) < 4.78 is 2.61. The molecule has 3 nitrogen and oxygen atoms in total. The molecule has 1 aliphatic rings. The maximum atomic E-state index is 10.7. The summed E-state index contributed by atoms with van der Waals surface area (Å²) in [7, 11) is 0. The number of carbonyl (C=O) groups excluding carboxylic acids is 1. The van der Waals surface area contributed by atoms with Gasteiger partial charge in [-0.2, -0.15) is 0 Å². The van der Waals surface area contributed by atoms with Crippen LogP contribution < -0.4 is 10.5 Å². The number of hydrogen-bond acceptors (Lipinski definition) is 2. The van der Waals surface area contributed by atoms with Gasteiger partial charge < -0.3 is 5.73 Å². The van der Waals surface area contributed by atoms with Crippen molar-refractivity contribution in [2.75, 3.05) is 0 Å². The van der Waals surface area contributed by atoms with E-state index in [1.807, 2.05) is 24.3 Å². The van der Waals surface area contributed by atoms with Crippen LogP contribution in [0.5, 0.6) is 0 Å². The van der Waals surface area contributed by atoms with Gasteiger partial charge in [0.05, 0.1) is 4.75 Å². The average Bonchev–Trinajstić information content (AvgIpc) is 2.18. The molecular weight excluding hydrogens is 244 g/mol. The quantitative estimate of drug-likeness (QED) is 0.817. The van der Waals surface area contributed by atoms with Gasteiger partial charge in [0.1, 0.15) is 0 Å². The number of urea groups is 1. The molecule has 0 spiro atoms. The first-order valence-corrected chi connectivity index (χ1v) is 6.31. The van der Waals surface area contributed by atoms with Crippen LogP contribution in [0.2, 0.25) is 5.02 Å². The molecule has 1 fully saturated rings. The Hall–Kier alpha value is -0.870. The fourth-order valence-corrected chi connectivity index (χ4v) is 3.02. The van der Waals surface area contributed by atoms with Gasteiger partial charge in [-0.25, -0.2) is 4.79 Å². The fraction of sp³-hybridized carbons (Fsp3) is 0.364. The van der Waals surface area contributed by atoms with E-state index in [2.05, 4.69) is 4.72 Å². The Morgan fingerprint density at radius 3 is 2.44 bits per heavy atom. The number of amides is 2. The summed E-state index contributed by atoms with van der Waals surface area (Å²) in [5.41, 5.74) is 6.28. The molecule has 3 N–H and O–H groups in total. The molecule has 0 atom stereocenters. The largest absolute Gasteiger partial charge is 0.351 e. The Morgan fingerprint density at radius 2 is 2.00 bits per heavy atom. The van der Waals surface area contributed by atoms with E-state index in [0.29, 0.717) is 0 Å². The third kappa shape index (κ3) is 2.28. The van der Waals surface area contributed by atoms with Crippen LogP contribution in [0.4, 0.5) is 4.79 Å². The molecular formula is C11H13ClN2OS. The van der Waals surface area contributed by atoms with Crippen LogP contribution in [-0.4, -0.2) is 6.03 Å². The van der Waals surface area contributed by atoms with Crippen molar-refractivity contribution in [2.45, 2.75) is 24.0 Å². The molecule has 0 saturated heterocycles. The second kappa shape index (κ2) is 4.55. The average molecular weight is 257 g/mol. The van der Waals surface area contributed by atoms with Gasteiger partial charge in [-0.15, -0.1) is 0 Å². The molecule has 1 aromatic rings. The maximum Gasteiger partial charge on any atom is 0.322 e. The number of rotatable bonds is 3. The molecule has 0 unspecified atom stereocenters. The zero-order valence-corrected chi connectivity index (χ0v) is 10.3. The van der Waals surface area contributed by atoms with Gasteiger partial charge in [-0.1, -0.05) is 23.7 Å². The monoisotopic (exact) mass is 256 g/mol. The molecule has 2 rings (SSSR count). The van der Waals surface area contributed by atoms with Gasteiger partial charge in [-0.05, 0) is 48.9 Å². The van der Waals surface area contributed by atoms with Crippen molar-refractivity contribution in [3.8, 4) is 0 Å². The second-order valence-corrected chi connectivity index (χ2v) is 5.55. The number of nitrogens with two attached hydrogens (primary N) is 1. The lowest BCUT2D eigenvalue weighted by molar-refractivity contribution is 0.253. The molecule has 0 radical (unpaired) electrons. The Labute approximate surface area is 104 Å². The topological polar surface area (TPSA) is 55.1 Å². The van der Waals surface area contributed by atoms with Crippen molar-refractivity contribution in [1.82, 2.24) is 4.72 Å². The van der Waals surface area contributed by atoms with Gasteiger partial charge in [0.2, 0.25) is 0 Å². The van der Waals surface area contributed by atoms with Gasteiger partial charge in [0.25, 0.3) is 0 Å². The SMILES string of the molecule is NC(=O)NSC1(c2ccc(Cl)cc2)CCC1.